The lowest BCUT2D eigenvalue weighted by molar-refractivity contribution is 0.102. The first-order valence-electron chi connectivity index (χ1n) is 6.98. The van der Waals surface area contributed by atoms with Crippen molar-refractivity contribution in [1.29, 1.82) is 0 Å². The number of halogens is 1. The van der Waals surface area contributed by atoms with Crippen LogP contribution in [-0.2, 0) is 0 Å². The number of benzene rings is 1. The molecule has 0 saturated heterocycles. The molecule has 0 aliphatic carbocycles. The Morgan fingerprint density at radius 2 is 1.95 bits per heavy atom. The highest BCUT2D eigenvalue weighted by Gasteiger charge is 2.17. The number of amides is 1. The molecule has 1 amide bonds. The topological polar surface area (TPSA) is 46.4 Å². The van der Waals surface area contributed by atoms with E-state index >= 15 is 0 Å². The first-order valence-corrected chi connectivity index (χ1v) is 7.36. The lowest BCUT2D eigenvalue weighted by Gasteiger charge is -2.09. The number of hydrogen-bond acceptors (Lipinski definition) is 2. The third kappa shape index (κ3) is 2.57. The highest BCUT2D eigenvalue weighted by atomic mass is 35.5. The summed E-state index contributed by atoms with van der Waals surface area (Å²) in [5.74, 6) is -0.194. The van der Waals surface area contributed by atoms with Gasteiger partial charge in [-0.25, -0.2) is 4.98 Å². The molecule has 1 aromatic carbocycles. The van der Waals surface area contributed by atoms with Crippen LogP contribution in [0.3, 0.4) is 0 Å². The zero-order valence-corrected chi connectivity index (χ0v) is 13.4. The van der Waals surface area contributed by atoms with Gasteiger partial charge in [0.2, 0.25) is 0 Å². The molecule has 0 saturated carbocycles. The first-order chi connectivity index (χ1) is 10.5. The largest absolute Gasteiger partial charge is 0.320 e. The van der Waals surface area contributed by atoms with Crippen molar-refractivity contribution in [1.82, 2.24) is 9.38 Å². The third-order valence-corrected chi connectivity index (χ3v) is 3.84. The number of aryl methyl sites for hydroxylation is 3. The molecule has 0 aliphatic rings. The van der Waals surface area contributed by atoms with Gasteiger partial charge < -0.3 is 5.32 Å². The van der Waals surface area contributed by atoms with E-state index in [2.05, 4.69) is 10.3 Å². The second kappa shape index (κ2) is 5.46. The molecule has 0 aliphatic heterocycles. The molecule has 3 aromatic rings. The molecule has 3 rings (SSSR count). The summed E-state index contributed by atoms with van der Waals surface area (Å²) in [5, 5.41) is 3.51. The summed E-state index contributed by atoms with van der Waals surface area (Å²) < 4.78 is 1.82. The van der Waals surface area contributed by atoms with Gasteiger partial charge in [-0.2, -0.15) is 0 Å². The van der Waals surface area contributed by atoms with Crippen LogP contribution in [0.15, 0.2) is 36.5 Å². The number of rotatable bonds is 2. The number of imidazole rings is 1. The maximum absolute atomic E-state index is 12.7. The van der Waals surface area contributed by atoms with Gasteiger partial charge in [-0.1, -0.05) is 23.7 Å². The number of fused-ring (bicyclic) bond motifs is 1. The monoisotopic (exact) mass is 313 g/mol. The number of aromatic nitrogens is 2. The zero-order valence-electron chi connectivity index (χ0n) is 12.6. The Bertz CT molecular complexity index is 883. The maximum Gasteiger partial charge on any atom is 0.274 e. The third-order valence-electron chi connectivity index (χ3n) is 3.60. The number of nitrogens with zero attached hydrogens (tertiary/aromatic N) is 2. The Hall–Kier alpha value is -2.33. The van der Waals surface area contributed by atoms with E-state index in [-0.39, 0.29) is 5.91 Å². The molecule has 22 heavy (non-hydrogen) atoms. The molecule has 2 heterocycles. The van der Waals surface area contributed by atoms with Crippen LogP contribution in [-0.4, -0.2) is 15.3 Å². The SMILES string of the molecule is Cc1ccc2nc(C)c(C(=O)Nc3cc(Cl)ccc3C)n2c1. The van der Waals surface area contributed by atoms with Crippen molar-refractivity contribution in [3.8, 4) is 0 Å². The van der Waals surface area contributed by atoms with Gasteiger partial charge in [0, 0.05) is 16.9 Å². The number of pyridine rings is 1. The van der Waals surface area contributed by atoms with Gasteiger partial charge in [-0.3, -0.25) is 9.20 Å². The Labute approximate surface area is 133 Å². The maximum atomic E-state index is 12.7. The van der Waals surface area contributed by atoms with Crippen molar-refractivity contribution >= 4 is 28.8 Å². The molecule has 0 fully saturated rings. The molecule has 112 valence electrons. The number of nitrogens with one attached hydrogen (secondary N) is 1. The van der Waals surface area contributed by atoms with E-state index in [1.807, 2.05) is 49.6 Å². The standard InChI is InChI=1S/C17H16ClN3O/c1-10-4-7-15-19-12(3)16(21(15)9-10)17(22)20-14-8-13(18)6-5-11(14)2/h4-9H,1-3H3,(H,20,22). The Kier molecular flexibility index (Phi) is 3.62. The average molecular weight is 314 g/mol. The molecule has 5 heteroatoms. The Morgan fingerprint density at radius 1 is 1.18 bits per heavy atom. The summed E-state index contributed by atoms with van der Waals surface area (Å²) in [6, 6.07) is 9.31. The summed E-state index contributed by atoms with van der Waals surface area (Å²) in [6.45, 7) is 5.75. The van der Waals surface area contributed by atoms with E-state index in [0.29, 0.717) is 22.1 Å². The lowest BCUT2D eigenvalue weighted by Crippen LogP contribution is -2.16. The minimum Gasteiger partial charge on any atom is -0.320 e. The molecule has 0 bridgehead atoms. The quantitative estimate of drug-likeness (QED) is 0.772. The average Bonchev–Trinajstić information content (AvgIpc) is 2.78. The van der Waals surface area contributed by atoms with Crippen molar-refractivity contribution in [2.45, 2.75) is 20.8 Å². The summed E-state index contributed by atoms with van der Waals surface area (Å²) in [7, 11) is 0. The fraction of sp³-hybridized carbons (Fsp3) is 0.176. The fourth-order valence-corrected chi connectivity index (χ4v) is 2.62. The zero-order chi connectivity index (χ0) is 15.9. The predicted octanol–water partition coefficient (Wildman–Crippen LogP) is 4.17. The predicted molar refractivity (Wildman–Crippen MR) is 88.8 cm³/mol. The highest BCUT2D eigenvalue weighted by Crippen LogP contribution is 2.22. The molecular weight excluding hydrogens is 298 g/mol. The van der Waals surface area contributed by atoms with Gasteiger partial charge in [0.1, 0.15) is 11.3 Å². The molecule has 1 N–H and O–H groups in total. The van der Waals surface area contributed by atoms with Gasteiger partial charge in [0.15, 0.2) is 0 Å². The van der Waals surface area contributed by atoms with E-state index in [9.17, 15) is 4.79 Å². The van der Waals surface area contributed by atoms with Crippen LogP contribution in [0.5, 0.6) is 0 Å². The van der Waals surface area contributed by atoms with Gasteiger partial charge in [0.05, 0.1) is 5.69 Å². The van der Waals surface area contributed by atoms with E-state index in [1.54, 1.807) is 12.1 Å². The van der Waals surface area contributed by atoms with Crippen molar-refractivity contribution in [2.75, 3.05) is 5.32 Å². The van der Waals surface area contributed by atoms with E-state index in [1.165, 1.54) is 0 Å². The van der Waals surface area contributed by atoms with Crippen molar-refractivity contribution in [2.24, 2.45) is 0 Å². The smallest absolute Gasteiger partial charge is 0.274 e. The second-order valence-electron chi connectivity index (χ2n) is 5.39. The Morgan fingerprint density at radius 3 is 2.73 bits per heavy atom. The van der Waals surface area contributed by atoms with Crippen LogP contribution in [0.4, 0.5) is 5.69 Å². The van der Waals surface area contributed by atoms with E-state index in [0.717, 1.165) is 16.8 Å². The number of hydrogen-bond donors (Lipinski definition) is 1. The first kappa shape index (κ1) is 14.6. The van der Waals surface area contributed by atoms with Crippen molar-refractivity contribution in [3.63, 3.8) is 0 Å². The van der Waals surface area contributed by atoms with Crippen LogP contribution >= 0.6 is 11.6 Å². The molecule has 0 unspecified atom stereocenters. The molecular formula is C17H16ClN3O. The summed E-state index contributed by atoms with van der Waals surface area (Å²) in [5.41, 5.74) is 4.73. The summed E-state index contributed by atoms with van der Waals surface area (Å²) >= 11 is 6.00. The molecule has 0 atom stereocenters. The van der Waals surface area contributed by atoms with Crippen LogP contribution < -0.4 is 5.32 Å². The van der Waals surface area contributed by atoms with E-state index < -0.39 is 0 Å². The normalized spacial score (nSPS) is 10.9. The second-order valence-corrected chi connectivity index (χ2v) is 5.83. The minimum absolute atomic E-state index is 0.194. The van der Waals surface area contributed by atoms with Gasteiger partial charge in [0.25, 0.3) is 5.91 Å². The fourth-order valence-electron chi connectivity index (χ4n) is 2.45. The van der Waals surface area contributed by atoms with Gasteiger partial charge >= 0.3 is 0 Å². The van der Waals surface area contributed by atoms with Crippen LogP contribution in [0.25, 0.3) is 5.65 Å². The Balaban J connectivity index is 2.04. The number of carbonyl (C=O) groups excluding carboxylic acids is 1. The van der Waals surface area contributed by atoms with Crippen LogP contribution in [0.1, 0.15) is 27.3 Å². The molecule has 4 nitrogen and oxygen atoms in total. The lowest BCUT2D eigenvalue weighted by atomic mass is 10.2. The van der Waals surface area contributed by atoms with Crippen LogP contribution in [0, 0.1) is 20.8 Å². The van der Waals surface area contributed by atoms with E-state index in [4.69, 9.17) is 11.6 Å². The van der Waals surface area contributed by atoms with Gasteiger partial charge in [-0.05, 0) is 50.1 Å². The highest BCUT2D eigenvalue weighted by molar-refractivity contribution is 6.31. The van der Waals surface area contributed by atoms with Crippen LogP contribution in [0.2, 0.25) is 5.02 Å². The molecule has 0 spiro atoms. The van der Waals surface area contributed by atoms with Gasteiger partial charge in [-0.15, -0.1) is 0 Å². The van der Waals surface area contributed by atoms with Crippen molar-refractivity contribution < 1.29 is 4.79 Å². The van der Waals surface area contributed by atoms with Crippen molar-refractivity contribution in [3.05, 3.63) is 64.1 Å². The molecule has 2 aromatic heterocycles. The summed E-state index contributed by atoms with van der Waals surface area (Å²) in [6.07, 6.45) is 1.91. The number of anilines is 1. The molecule has 0 radical (unpaired) electrons. The minimum atomic E-state index is -0.194. The summed E-state index contributed by atoms with van der Waals surface area (Å²) in [4.78, 5) is 17.1. The number of carbonyl (C=O) groups is 1.